The summed E-state index contributed by atoms with van der Waals surface area (Å²) in [6.45, 7) is 2.45. The number of carbonyl (C=O) groups excluding carboxylic acids is 1. The highest BCUT2D eigenvalue weighted by atomic mass is 35.5. The molecule has 122 valence electrons. The molecule has 1 heterocycles. The first kappa shape index (κ1) is 17.5. The zero-order chi connectivity index (χ0) is 16.3. The largest absolute Gasteiger partial charge is 0.466 e. The van der Waals surface area contributed by atoms with Gasteiger partial charge in [-0.1, -0.05) is 23.2 Å². The summed E-state index contributed by atoms with van der Waals surface area (Å²) in [7, 11) is -3.79. The minimum Gasteiger partial charge on any atom is -0.466 e. The van der Waals surface area contributed by atoms with Crippen LogP contribution in [0.1, 0.15) is 19.8 Å². The van der Waals surface area contributed by atoms with Crippen LogP contribution in [0.5, 0.6) is 0 Å². The average molecular weight is 366 g/mol. The Hall–Kier alpha value is -0.820. The maximum Gasteiger partial charge on any atom is 0.310 e. The first-order chi connectivity index (χ1) is 10.4. The summed E-state index contributed by atoms with van der Waals surface area (Å²) in [4.78, 5) is 11.8. The van der Waals surface area contributed by atoms with Crippen molar-refractivity contribution < 1.29 is 17.9 Å². The van der Waals surface area contributed by atoms with Crippen molar-refractivity contribution in [2.45, 2.75) is 24.7 Å². The van der Waals surface area contributed by atoms with Gasteiger partial charge in [-0.05, 0) is 38.0 Å². The van der Waals surface area contributed by atoms with E-state index in [1.54, 1.807) is 6.92 Å². The summed E-state index contributed by atoms with van der Waals surface area (Å²) >= 11 is 11.9. The van der Waals surface area contributed by atoms with Gasteiger partial charge >= 0.3 is 5.97 Å². The lowest BCUT2D eigenvalue weighted by Crippen LogP contribution is -2.42. The Bertz CT molecular complexity index is 663. The molecule has 8 heteroatoms. The molecule has 0 spiro atoms. The van der Waals surface area contributed by atoms with Crippen molar-refractivity contribution in [3.8, 4) is 0 Å². The smallest absolute Gasteiger partial charge is 0.310 e. The van der Waals surface area contributed by atoms with Crippen molar-refractivity contribution in [2.75, 3.05) is 19.7 Å². The van der Waals surface area contributed by atoms with E-state index in [4.69, 9.17) is 27.9 Å². The van der Waals surface area contributed by atoms with Crippen molar-refractivity contribution >= 4 is 39.2 Å². The van der Waals surface area contributed by atoms with Crippen LogP contribution in [-0.2, 0) is 19.6 Å². The molecule has 1 saturated heterocycles. The lowest BCUT2D eigenvalue weighted by molar-refractivity contribution is -0.149. The molecular formula is C14H17Cl2NO4S. The fourth-order valence-electron chi connectivity index (χ4n) is 2.43. The lowest BCUT2D eigenvalue weighted by Gasteiger charge is -2.30. The molecule has 0 saturated carbocycles. The zero-order valence-corrected chi connectivity index (χ0v) is 14.4. The molecule has 1 aromatic rings. The molecular weight excluding hydrogens is 349 g/mol. The van der Waals surface area contributed by atoms with E-state index in [9.17, 15) is 13.2 Å². The van der Waals surface area contributed by atoms with Gasteiger partial charge in [0.1, 0.15) is 4.90 Å². The van der Waals surface area contributed by atoms with Crippen LogP contribution < -0.4 is 0 Å². The SMILES string of the molecule is CCOC(=O)[C@@H]1CCCN(S(=O)(=O)c2cc(Cl)ccc2Cl)C1. The van der Waals surface area contributed by atoms with Crippen molar-refractivity contribution in [1.82, 2.24) is 4.31 Å². The molecule has 2 rings (SSSR count). The van der Waals surface area contributed by atoms with Crippen LogP contribution in [0.4, 0.5) is 0 Å². The van der Waals surface area contributed by atoms with E-state index in [0.29, 0.717) is 24.4 Å². The first-order valence-electron chi connectivity index (χ1n) is 6.98. The molecule has 0 N–H and O–H groups in total. The Morgan fingerprint density at radius 2 is 2.14 bits per heavy atom. The third-order valence-electron chi connectivity index (χ3n) is 3.52. The highest BCUT2D eigenvalue weighted by Crippen LogP contribution is 2.30. The predicted octanol–water partition coefficient (Wildman–Crippen LogP) is 2.96. The Morgan fingerprint density at radius 3 is 2.82 bits per heavy atom. The molecule has 0 amide bonds. The molecule has 5 nitrogen and oxygen atoms in total. The van der Waals surface area contributed by atoms with Gasteiger partial charge in [0.05, 0.1) is 17.5 Å². The van der Waals surface area contributed by atoms with E-state index in [1.165, 1.54) is 22.5 Å². The van der Waals surface area contributed by atoms with Gasteiger partial charge in [0.25, 0.3) is 0 Å². The number of ether oxygens (including phenoxy) is 1. The molecule has 0 radical (unpaired) electrons. The quantitative estimate of drug-likeness (QED) is 0.769. The topological polar surface area (TPSA) is 63.7 Å². The van der Waals surface area contributed by atoms with Crippen molar-refractivity contribution in [2.24, 2.45) is 5.92 Å². The molecule has 0 unspecified atom stereocenters. The number of halogens is 2. The molecule has 0 bridgehead atoms. The van der Waals surface area contributed by atoms with Crippen LogP contribution in [0.3, 0.4) is 0 Å². The van der Waals surface area contributed by atoms with E-state index in [1.807, 2.05) is 0 Å². The molecule has 1 aromatic carbocycles. The maximum atomic E-state index is 12.7. The van der Waals surface area contributed by atoms with Crippen molar-refractivity contribution in [1.29, 1.82) is 0 Å². The van der Waals surface area contributed by atoms with Crippen molar-refractivity contribution in [3.05, 3.63) is 28.2 Å². The first-order valence-corrected chi connectivity index (χ1v) is 9.17. The van der Waals surface area contributed by atoms with E-state index >= 15 is 0 Å². The Morgan fingerprint density at radius 1 is 1.41 bits per heavy atom. The monoisotopic (exact) mass is 365 g/mol. The fourth-order valence-corrected chi connectivity index (χ4v) is 4.69. The van der Waals surface area contributed by atoms with E-state index < -0.39 is 15.9 Å². The third kappa shape index (κ3) is 3.74. The molecule has 0 aromatic heterocycles. The van der Waals surface area contributed by atoms with E-state index in [0.717, 1.165) is 0 Å². The number of carbonyl (C=O) groups is 1. The highest BCUT2D eigenvalue weighted by Gasteiger charge is 2.35. The van der Waals surface area contributed by atoms with Gasteiger partial charge in [-0.3, -0.25) is 4.79 Å². The molecule has 22 heavy (non-hydrogen) atoms. The second kappa shape index (κ2) is 7.17. The molecule has 1 fully saturated rings. The summed E-state index contributed by atoms with van der Waals surface area (Å²) in [6.07, 6.45) is 1.22. The van der Waals surface area contributed by atoms with Crippen molar-refractivity contribution in [3.63, 3.8) is 0 Å². The number of esters is 1. The molecule has 0 aliphatic carbocycles. The van der Waals surface area contributed by atoms with Crippen LogP contribution in [0.25, 0.3) is 0 Å². The summed E-state index contributed by atoms with van der Waals surface area (Å²) in [5.41, 5.74) is 0. The number of piperidine rings is 1. The van der Waals surface area contributed by atoms with Crippen LogP contribution in [0.15, 0.2) is 23.1 Å². The third-order valence-corrected chi connectivity index (χ3v) is 6.10. The van der Waals surface area contributed by atoms with Crippen LogP contribution in [0, 0.1) is 5.92 Å². The number of hydrogen-bond donors (Lipinski definition) is 0. The standard InChI is InChI=1S/C14H17Cl2NO4S/c1-2-21-14(18)10-4-3-7-17(9-10)22(19,20)13-8-11(15)5-6-12(13)16/h5-6,8,10H,2-4,7,9H2,1H3/t10-/m1/s1. The predicted molar refractivity (Wildman–Crippen MR) is 84.6 cm³/mol. The molecule has 1 atom stereocenters. The maximum absolute atomic E-state index is 12.7. The number of benzene rings is 1. The minimum atomic E-state index is -3.79. The van der Waals surface area contributed by atoms with Gasteiger partial charge in [0.15, 0.2) is 0 Å². The highest BCUT2D eigenvalue weighted by molar-refractivity contribution is 7.89. The van der Waals surface area contributed by atoms with Gasteiger partial charge in [-0.25, -0.2) is 8.42 Å². The van der Waals surface area contributed by atoms with Crippen LogP contribution in [0.2, 0.25) is 10.0 Å². The Balaban J connectivity index is 2.25. The minimum absolute atomic E-state index is 0.0359. The Kier molecular flexibility index (Phi) is 5.71. The summed E-state index contributed by atoms with van der Waals surface area (Å²) in [6, 6.07) is 4.30. The van der Waals surface area contributed by atoms with Gasteiger partial charge in [0, 0.05) is 18.1 Å². The Labute approximate surface area is 140 Å². The molecule has 1 aliphatic rings. The summed E-state index contributed by atoms with van der Waals surface area (Å²) < 4.78 is 31.7. The normalized spacial score (nSPS) is 19.9. The van der Waals surface area contributed by atoms with Gasteiger partial charge in [-0.15, -0.1) is 0 Å². The fraction of sp³-hybridized carbons (Fsp3) is 0.500. The molecule has 1 aliphatic heterocycles. The van der Waals surface area contributed by atoms with Gasteiger partial charge in [-0.2, -0.15) is 4.31 Å². The van der Waals surface area contributed by atoms with E-state index in [2.05, 4.69) is 0 Å². The number of sulfonamides is 1. The van der Waals surface area contributed by atoms with Gasteiger partial charge in [0.2, 0.25) is 10.0 Å². The van der Waals surface area contributed by atoms with Crippen LogP contribution >= 0.6 is 23.2 Å². The summed E-state index contributed by atoms with van der Waals surface area (Å²) in [5.74, 6) is -0.805. The lowest BCUT2D eigenvalue weighted by atomic mass is 10.0. The second-order valence-electron chi connectivity index (χ2n) is 5.03. The number of rotatable bonds is 4. The van der Waals surface area contributed by atoms with E-state index in [-0.39, 0.29) is 29.0 Å². The number of hydrogen-bond acceptors (Lipinski definition) is 4. The van der Waals surface area contributed by atoms with Crippen LogP contribution in [-0.4, -0.2) is 38.4 Å². The summed E-state index contributed by atoms with van der Waals surface area (Å²) in [5, 5.41) is 0.407. The zero-order valence-electron chi connectivity index (χ0n) is 12.1. The average Bonchev–Trinajstić information content (AvgIpc) is 2.50. The van der Waals surface area contributed by atoms with Gasteiger partial charge < -0.3 is 4.74 Å². The second-order valence-corrected chi connectivity index (χ2v) is 7.78. The number of nitrogens with zero attached hydrogens (tertiary/aromatic N) is 1.